The minimum absolute atomic E-state index is 0.345. The summed E-state index contributed by atoms with van der Waals surface area (Å²) >= 11 is 0. The van der Waals surface area contributed by atoms with Crippen molar-refractivity contribution in [2.75, 3.05) is 31.8 Å². The van der Waals surface area contributed by atoms with Gasteiger partial charge in [-0.1, -0.05) is 6.07 Å². The Morgan fingerprint density at radius 1 is 1.33 bits per heavy atom. The molecule has 7 nitrogen and oxygen atoms in total. The summed E-state index contributed by atoms with van der Waals surface area (Å²) in [6.07, 6.45) is 0. The van der Waals surface area contributed by atoms with Crippen LogP contribution in [-0.2, 0) is 19.4 Å². The zero-order chi connectivity index (χ0) is 15.5. The summed E-state index contributed by atoms with van der Waals surface area (Å²) in [4.78, 5) is 11.1. The molecule has 1 aromatic carbocycles. The average molecular weight is 315 g/mol. The van der Waals surface area contributed by atoms with Crippen LogP contribution < -0.4 is 15.2 Å². The molecule has 1 aliphatic rings. The lowest BCUT2D eigenvalue weighted by Gasteiger charge is -2.20. The van der Waals surface area contributed by atoms with Crippen molar-refractivity contribution in [1.82, 2.24) is 0 Å². The zero-order valence-corrected chi connectivity index (χ0v) is 12.4. The Balaban J connectivity index is 2.09. The maximum atomic E-state index is 11.8. The predicted octanol–water partition coefficient (Wildman–Crippen LogP) is 0.0454. The Hall–Kier alpha value is -1.80. The fourth-order valence-electron chi connectivity index (χ4n) is 1.96. The van der Waals surface area contributed by atoms with Crippen molar-refractivity contribution in [2.45, 2.75) is 6.04 Å². The maximum absolute atomic E-state index is 11.8. The topological polar surface area (TPSA) is 105 Å². The van der Waals surface area contributed by atoms with Crippen molar-refractivity contribution < 1.29 is 27.4 Å². The highest BCUT2D eigenvalue weighted by atomic mass is 32.2. The van der Waals surface area contributed by atoms with Crippen LogP contribution in [0.2, 0.25) is 0 Å². The molecule has 0 bridgehead atoms. The number of carbonyl (C=O) groups is 1. The molecule has 21 heavy (non-hydrogen) atoms. The van der Waals surface area contributed by atoms with Crippen molar-refractivity contribution in [3.8, 4) is 11.5 Å². The molecule has 0 spiro atoms. The van der Waals surface area contributed by atoms with E-state index in [1.165, 1.54) is 0 Å². The van der Waals surface area contributed by atoms with Gasteiger partial charge in [0.05, 0.1) is 12.9 Å². The third kappa shape index (κ3) is 4.08. The van der Waals surface area contributed by atoms with Gasteiger partial charge in [-0.05, 0) is 17.7 Å². The van der Waals surface area contributed by atoms with E-state index in [2.05, 4.69) is 4.74 Å². The highest BCUT2D eigenvalue weighted by Crippen LogP contribution is 2.32. The number of hydrogen-bond acceptors (Lipinski definition) is 7. The van der Waals surface area contributed by atoms with Crippen molar-refractivity contribution in [3.63, 3.8) is 0 Å². The number of esters is 1. The third-order valence-electron chi connectivity index (χ3n) is 2.99. The summed E-state index contributed by atoms with van der Waals surface area (Å²) in [5, 5.41) is 0. The van der Waals surface area contributed by atoms with Crippen LogP contribution in [0.1, 0.15) is 11.6 Å². The number of carbonyl (C=O) groups excluding carboxylic acids is 1. The second kappa shape index (κ2) is 6.31. The Morgan fingerprint density at radius 3 is 2.67 bits per heavy atom. The molecule has 0 saturated carbocycles. The first-order valence-corrected chi connectivity index (χ1v) is 8.16. The van der Waals surface area contributed by atoms with Crippen molar-refractivity contribution in [2.24, 2.45) is 5.73 Å². The van der Waals surface area contributed by atoms with E-state index in [1.807, 2.05) is 0 Å². The van der Waals surface area contributed by atoms with Gasteiger partial charge in [0, 0.05) is 6.04 Å². The molecule has 1 aliphatic heterocycles. The second-order valence-electron chi connectivity index (χ2n) is 4.64. The molecule has 0 fully saturated rings. The summed E-state index contributed by atoms with van der Waals surface area (Å²) in [5.74, 6) is -0.678. The molecule has 0 aromatic heterocycles. The number of nitrogens with two attached hydrogens (primary N) is 1. The quantitative estimate of drug-likeness (QED) is 0.765. The highest BCUT2D eigenvalue weighted by molar-refractivity contribution is 7.92. The summed E-state index contributed by atoms with van der Waals surface area (Å²) in [6, 6.07) is 4.28. The summed E-state index contributed by atoms with van der Waals surface area (Å²) in [5.41, 5.74) is 6.51. The molecule has 8 heteroatoms. The van der Waals surface area contributed by atoms with E-state index < -0.39 is 27.6 Å². The minimum atomic E-state index is -3.63. The lowest BCUT2D eigenvalue weighted by molar-refractivity contribution is -0.137. The lowest BCUT2D eigenvalue weighted by Crippen LogP contribution is -2.27. The van der Waals surface area contributed by atoms with Gasteiger partial charge in [-0.2, -0.15) is 0 Å². The van der Waals surface area contributed by atoms with Crippen LogP contribution >= 0.6 is 0 Å². The highest BCUT2D eigenvalue weighted by Gasteiger charge is 2.23. The van der Waals surface area contributed by atoms with Crippen molar-refractivity contribution in [3.05, 3.63) is 23.8 Å². The number of sulfone groups is 1. The van der Waals surface area contributed by atoms with E-state index in [4.69, 9.17) is 15.2 Å². The van der Waals surface area contributed by atoms with E-state index in [-0.39, 0.29) is 5.75 Å². The fourth-order valence-corrected chi connectivity index (χ4v) is 3.29. The van der Waals surface area contributed by atoms with Crippen molar-refractivity contribution in [1.29, 1.82) is 0 Å². The fraction of sp³-hybridized carbons (Fsp3) is 0.462. The van der Waals surface area contributed by atoms with Crippen LogP contribution in [0.4, 0.5) is 0 Å². The molecule has 116 valence electrons. The largest absolute Gasteiger partial charge is 0.486 e. The maximum Gasteiger partial charge on any atom is 0.320 e. The molecule has 0 amide bonds. The monoisotopic (exact) mass is 315 g/mol. The van der Waals surface area contributed by atoms with Gasteiger partial charge >= 0.3 is 5.97 Å². The molecule has 2 N–H and O–H groups in total. The number of rotatable bonds is 5. The third-order valence-corrected chi connectivity index (χ3v) is 4.54. The van der Waals surface area contributed by atoms with Gasteiger partial charge in [0.2, 0.25) is 0 Å². The molecular formula is C13H17NO6S. The van der Waals surface area contributed by atoms with Gasteiger partial charge < -0.3 is 19.9 Å². The molecule has 1 heterocycles. The van der Waals surface area contributed by atoms with Crippen molar-refractivity contribution >= 4 is 15.8 Å². The summed E-state index contributed by atoms with van der Waals surface area (Å²) < 4.78 is 38.8. The molecule has 0 saturated heterocycles. The normalized spacial score (nSPS) is 15.3. The van der Waals surface area contributed by atoms with Gasteiger partial charge in [0.1, 0.15) is 19.0 Å². The lowest BCUT2D eigenvalue weighted by atomic mass is 10.1. The van der Waals surface area contributed by atoms with Crippen LogP contribution in [-0.4, -0.2) is 46.2 Å². The number of hydrogen-bond donors (Lipinski definition) is 1. The number of benzene rings is 1. The van der Waals surface area contributed by atoms with E-state index in [0.29, 0.717) is 30.3 Å². The Labute approximate surface area is 122 Å². The molecule has 1 unspecified atom stereocenters. The summed E-state index contributed by atoms with van der Waals surface area (Å²) in [7, 11) is -2.50. The summed E-state index contributed by atoms with van der Waals surface area (Å²) in [6.45, 7) is 0.915. The van der Waals surface area contributed by atoms with Gasteiger partial charge in [0.15, 0.2) is 21.3 Å². The van der Waals surface area contributed by atoms with E-state index >= 15 is 0 Å². The van der Waals surface area contributed by atoms with Gasteiger partial charge in [-0.25, -0.2) is 8.42 Å². The molecule has 0 aliphatic carbocycles. The first-order chi connectivity index (χ1) is 9.91. The van der Waals surface area contributed by atoms with E-state index in [9.17, 15) is 13.2 Å². The van der Waals surface area contributed by atoms with Gasteiger partial charge in [0.25, 0.3) is 0 Å². The Bertz CT molecular complexity index is 628. The Kier molecular flexibility index (Phi) is 4.69. The molecule has 1 atom stereocenters. The van der Waals surface area contributed by atoms with Gasteiger partial charge in [-0.3, -0.25) is 4.79 Å². The van der Waals surface area contributed by atoms with Crippen LogP contribution in [0, 0.1) is 0 Å². The number of fused-ring (bicyclic) bond motifs is 1. The number of ether oxygens (including phenoxy) is 3. The molecule has 0 radical (unpaired) electrons. The first kappa shape index (κ1) is 15.6. The zero-order valence-electron chi connectivity index (χ0n) is 11.6. The average Bonchev–Trinajstić information content (AvgIpc) is 2.45. The van der Waals surface area contributed by atoms with Gasteiger partial charge in [-0.15, -0.1) is 0 Å². The SMILES string of the molecule is COC(=O)CS(=O)(=O)CC(N)c1ccc2c(c1)OCCO2. The molecule has 1 aromatic rings. The predicted molar refractivity (Wildman–Crippen MR) is 75.0 cm³/mol. The van der Waals surface area contributed by atoms with Crippen LogP contribution in [0.3, 0.4) is 0 Å². The van der Waals surface area contributed by atoms with Crippen LogP contribution in [0.25, 0.3) is 0 Å². The molecule has 2 rings (SSSR count). The molecular weight excluding hydrogens is 298 g/mol. The minimum Gasteiger partial charge on any atom is -0.486 e. The number of methoxy groups -OCH3 is 1. The smallest absolute Gasteiger partial charge is 0.320 e. The van der Waals surface area contributed by atoms with E-state index in [0.717, 1.165) is 7.11 Å². The van der Waals surface area contributed by atoms with E-state index in [1.54, 1.807) is 18.2 Å². The first-order valence-electron chi connectivity index (χ1n) is 6.33. The Morgan fingerprint density at radius 2 is 2.00 bits per heavy atom. The standard InChI is InChI=1S/C13H17NO6S/c1-18-13(15)8-21(16,17)7-10(14)9-2-3-11-12(6-9)20-5-4-19-11/h2-3,6,10H,4-5,7-8,14H2,1H3. The van der Waals surface area contributed by atoms with Crippen LogP contribution in [0.5, 0.6) is 11.5 Å². The van der Waals surface area contributed by atoms with Crippen LogP contribution in [0.15, 0.2) is 18.2 Å². The second-order valence-corrected chi connectivity index (χ2v) is 6.75.